The predicted molar refractivity (Wildman–Crippen MR) is 69.9 cm³/mol. The van der Waals surface area contributed by atoms with Crippen LogP contribution in [0.2, 0.25) is 0 Å². The van der Waals surface area contributed by atoms with Crippen LogP contribution in [0, 0.1) is 11.6 Å². The highest BCUT2D eigenvalue weighted by molar-refractivity contribution is 5.28. The number of benzene rings is 2. The zero-order valence-electron chi connectivity index (χ0n) is 10.4. The molecule has 2 nitrogen and oxygen atoms in total. The smallest absolute Gasteiger partial charge is 0.130 e. The van der Waals surface area contributed by atoms with Gasteiger partial charge in [-0.15, -0.1) is 0 Å². The summed E-state index contributed by atoms with van der Waals surface area (Å²) in [7, 11) is 0. The predicted octanol–water partition coefficient (Wildman–Crippen LogP) is 3.05. The van der Waals surface area contributed by atoms with E-state index in [9.17, 15) is 8.78 Å². The van der Waals surface area contributed by atoms with Crippen molar-refractivity contribution in [3.8, 4) is 5.75 Å². The molecule has 2 aromatic rings. The van der Waals surface area contributed by atoms with Crippen molar-refractivity contribution in [1.29, 1.82) is 0 Å². The standard InChI is InChI=1S/C15H15F2NO/c16-13-3-6-15(17)12(9-13)10-19-14-4-1-11(2-5-14)7-8-18/h1-6,9H,7-8,10,18H2. The summed E-state index contributed by atoms with van der Waals surface area (Å²) in [4.78, 5) is 0. The van der Waals surface area contributed by atoms with Gasteiger partial charge in [-0.1, -0.05) is 12.1 Å². The molecule has 2 N–H and O–H groups in total. The SMILES string of the molecule is NCCc1ccc(OCc2cc(F)ccc2F)cc1. The van der Waals surface area contributed by atoms with E-state index >= 15 is 0 Å². The first-order valence-corrected chi connectivity index (χ1v) is 6.05. The zero-order chi connectivity index (χ0) is 13.7. The molecule has 100 valence electrons. The Morgan fingerprint density at radius 1 is 1.00 bits per heavy atom. The van der Waals surface area contributed by atoms with Gasteiger partial charge in [-0.05, 0) is 48.9 Å². The van der Waals surface area contributed by atoms with E-state index in [0.29, 0.717) is 12.3 Å². The van der Waals surface area contributed by atoms with Crippen LogP contribution in [0.25, 0.3) is 0 Å². The molecular formula is C15H15F2NO. The molecule has 0 aliphatic heterocycles. The van der Waals surface area contributed by atoms with Crippen molar-refractivity contribution < 1.29 is 13.5 Å². The summed E-state index contributed by atoms with van der Waals surface area (Å²) in [6, 6.07) is 10.7. The molecule has 19 heavy (non-hydrogen) atoms. The molecule has 0 spiro atoms. The van der Waals surface area contributed by atoms with Crippen LogP contribution >= 0.6 is 0 Å². The van der Waals surface area contributed by atoms with Gasteiger partial charge in [0, 0.05) is 5.56 Å². The van der Waals surface area contributed by atoms with E-state index in [0.717, 1.165) is 30.2 Å². The zero-order valence-corrected chi connectivity index (χ0v) is 10.4. The second-order valence-corrected chi connectivity index (χ2v) is 4.21. The Hall–Kier alpha value is -1.94. The van der Waals surface area contributed by atoms with Gasteiger partial charge in [-0.3, -0.25) is 0 Å². The number of halogens is 2. The fraction of sp³-hybridized carbons (Fsp3) is 0.200. The molecule has 0 aliphatic rings. The van der Waals surface area contributed by atoms with Gasteiger partial charge >= 0.3 is 0 Å². The topological polar surface area (TPSA) is 35.2 Å². The Bertz CT molecular complexity index is 540. The third-order valence-corrected chi connectivity index (χ3v) is 2.76. The number of hydrogen-bond acceptors (Lipinski definition) is 2. The maximum atomic E-state index is 13.4. The van der Waals surface area contributed by atoms with Crippen LogP contribution < -0.4 is 10.5 Å². The lowest BCUT2D eigenvalue weighted by atomic mass is 10.1. The first kappa shape index (κ1) is 13.5. The van der Waals surface area contributed by atoms with Crippen molar-refractivity contribution >= 4 is 0 Å². The van der Waals surface area contributed by atoms with E-state index in [-0.39, 0.29) is 12.2 Å². The molecule has 0 saturated heterocycles. The second-order valence-electron chi connectivity index (χ2n) is 4.21. The minimum atomic E-state index is -0.474. The van der Waals surface area contributed by atoms with Gasteiger partial charge < -0.3 is 10.5 Å². The van der Waals surface area contributed by atoms with Gasteiger partial charge in [0.15, 0.2) is 0 Å². The van der Waals surface area contributed by atoms with Crippen LogP contribution in [0.15, 0.2) is 42.5 Å². The largest absolute Gasteiger partial charge is 0.489 e. The molecule has 0 saturated carbocycles. The monoisotopic (exact) mass is 263 g/mol. The second kappa shape index (κ2) is 6.29. The molecule has 0 fully saturated rings. The van der Waals surface area contributed by atoms with Gasteiger partial charge in [-0.2, -0.15) is 0 Å². The lowest BCUT2D eigenvalue weighted by Gasteiger charge is -2.08. The van der Waals surface area contributed by atoms with E-state index in [1.165, 1.54) is 0 Å². The molecule has 0 amide bonds. The van der Waals surface area contributed by atoms with Crippen molar-refractivity contribution in [3.05, 3.63) is 65.2 Å². The first-order valence-electron chi connectivity index (χ1n) is 6.05. The van der Waals surface area contributed by atoms with Gasteiger partial charge in [-0.25, -0.2) is 8.78 Å². The van der Waals surface area contributed by atoms with Crippen LogP contribution in [-0.2, 0) is 13.0 Å². The van der Waals surface area contributed by atoms with Crippen molar-refractivity contribution in [1.82, 2.24) is 0 Å². The van der Waals surface area contributed by atoms with E-state index < -0.39 is 11.6 Å². The van der Waals surface area contributed by atoms with Crippen molar-refractivity contribution in [2.45, 2.75) is 13.0 Å². The molecule has 0 aliphatic carbocycles. The summed E-state index contributed by atoms with van der Waals surface area (Å²) in [5, 5.41) is 0. The quantitative estimate of drug-likeness (QED) is 0.899. The summed E-state index contributed by atoms with van der Waals surface area (Å²) >= 11 is 0. The minimum Gasteiger partial charge on any atom is -0.489 e. The molecule has 4 heteroatoms. The molecule has 2 rings (SSSR count). The average Bonchev–Trinajstić information content (AvgIpc) is 2.42. The highest BCUT2D eigenvalue weighted by Crippen LogP contribution is 2.16. The summed E-state index contributed by atoms with van der Waals surface area (Å²) in [5.41, 5.74) is 6.77. The van der Waals surface area contributed by atoms with Crippen LogP contribution in [0.1, 0.15) is 11.1 Å². The number of rotatable bonds is 5. The molecule has 0 radical (unpaired) electrons. The number of ether oxygens (including phenoxy) is 1. The molecule has 2 aromatic carbocycles. The number of hydrogen-bond donors (Lipinski definition) is 1. The third-order valence-electron chi connectivity index (χ3n) is 2.76. The summed E-state index contributed by atoms with van der Waals surface area (Å²) in [6.45, 7) is 0.592. The molecule has 0 heterocycles. The Balaban J connectivity index is 2.00. The summed E-state index contributed by atoms with van der Waals surface area (Å²) in [5.74, 6) is -0.330. The summed E-state index contributed by atoms with van der Waals surface area (Å²) in [6.07, 6.45) is 0.804. The van der Waals surface area contributed by atoms with Crippen molar-refractivity contribution in [3.63, 3.8) is 0 Å². The summed E-state index contributed by atoms with van der Waals surface area (Å²) < 4.78 is 31.8. The van der Waals surface area contributed by atoms with Gasteiger partial charge in [0.1, 0.15) is 24.0 Å². The van der Waals surface area contributed by atoms with Crippen LogP contribution in [0.5, 0.6) is 5.75 Å². The van der Waals surface area contributed by atoms with Gasteiger partial charge in [0.2, 0.25) is 0 Å². The van der Waals surface area contributed by atoms with Crippen LogP contribution in [-0.4, -0.2) is 6.54 Å². The van der Waals surface area contributed by atoms with Gasteiger partial charge in [0.25, 0.3) is 0 Å². The van der Waals surface area contributed by atoms with E-state index in [1.807, 2.05) is 12.1 Å². The van der Waals surface area contributed by atoms with E-state index in [1.54, 1.807) is 12.1 Å². The van der Waals surface area contributed by atoms with Crippen LogP contribution in [0.4, 0.5) is 8.78 Å². The highest BCUT2D eigenvalue weighted by Gasteiger charge is 2.04. The maximum absolute atomic E-state index is 13.4. The van der Waals surface area contributed by atoms with Crippen molar-refractivity contribution in [2.75, 3.05) is 6.54 Å². The van der Waals surface area contributed by atoms with E-state index in [2.05, 4.69) is 0 Å². The first-order chi connectivity index (χ1) is 9.19. The Kier molecular flexibility index (Phi) is 4.47. The van der Waals surface area contributed by atoms with E-state index in [4.69, 9.17) is 10.5 Å². The maximum Gasteiger partial charge on any atom is 0.130 e. The fourth-order valence-electron chi connectivity index (χ4n) is 1.73. The van der Waals surface area contributed by atoms with Crippen molar-refractivity contribution in [2.24, 2.45) is 5.73 Å². The molecule has 0 bridgehead atoms. The molecular weight excluding hydrogens is 248 g/mol. The third kappa shape index (κ3) is 3.76. The normalized spacial score (nSPS) is 10.5. The Morgan fingerprint density at radius 3 is 2.42 bits per heavy atom. The lowest BCUT2D eigenvalue weighted by molar-refractivity contribution is 0.299. The Labute approximate surface area is 110 Å². The molecule has 0 atom stereocenters. The molecule has 0 unspecified atom stereocenters. The average molecular weight is 263 g/mol. The highest BCUT2D eigenvalue weighted by atomic mass is 19.1. The lowest BCUT2D eigenvalue weighted by Crippen LogP contribution is -2.03. The fourth-order valence-corrected chi connectivity index (χ4v) is 1.73. The number of nitrogens with two attached hydrogens (primary N) is 1. The van der Waals surface area contributed by atoms with Crippen LogP contribution in [0.3, 0.4) is 0 Å². The van der Waals surface area contributed by atoms with Gasteiger partial charge in [0.05, 0.1) is 0 Å². The molecule has 0 aromatic heterocycles. The Morgan fingerprint density at radius 2 is 1.74 bits per heavy atom. The minimum absolute atomic E-state index is 0.000170.